The molecule has 0 amide bonds. The van der Waals surface area contributed by atoms with Crippen LogP contribution in [-0.2, 0) is 14.3 Å². The molecular formula is C23H28O4S2. The van der Waals surface area contributed by atoms with Crippen LogP contribution in [0.4, 0.5) is 0 Å². The highest BCUT2D eigenvalue weighted by Gasteiger charge is 2.47. The molecule has 0 aliphatic carbocycles. The second kappa shape index (κ2) is 11.9. The van der Waals surface area contributed by atoms with Crippen molar-refractivity contribution in [3.63, 3.8) is 0 Å². The van der Waals surface area contributed by atoms with E-state index in [1.165, 1.54) is 0 Å². The Hall–Kier alpha value is -1.92. The zero-order chi connectivity index (χ0) is 21.1. The lowest BCUT2D eigenvalue weighted by atomic mass is 9.82. The first-order chi connectivity index (χ1) is 14.0. The van der Waals surface area contributed by atoms with Crippen molar-refractivity contribution in [3.05, 3.63) is 60.7 Å². The lowest BCUT2D eigenvalue weighted by Gasteiger charge is -2.28. The molecule has 0 aliphatic heterocycles. The van der Waals surface area contributed by atoms with Crippen LogP contribution in [0.3, 0.4) is 0 Å². The SMILES string of the molecule is CCC(C)OC(=O)C(CCSc1ccccc1)(CCSc1ccccc1)C(=O)O. The number of rotatable bonds is 12. The van der Waals surface area contributed by atoms with E-state index in [-0.39, 0.29) is 18.9 Å². The molecule has 2 rings (SSSR count). The van der Waals surface area contributed by atoms with Gasteiger partial charge in [0.1, 0.15) is 0 Å². The second-order valence-electron chi connectivity index (χ2n) is 6.83. The standard InChI is InChI=1S/C23H28O4S2/c1-3-18(2)27-22(26)23(21(24)25,14-16-28-19-10-6-4-7-11-19)15-17-29-20-12-8-5-9-13-20/h4-13,18H,3,14-17H2,1-2H3,(H,24,25). The van der Waals surface area contributed by atoms with E-state index in [0.717, 1.165) is 9.79 Å². The van der Waals surface area contributed by atoms with Gasteiger partial charge < -0.3 is 9.84 Å². The van der Waals surface area contributed by atoms with Gasteiger partial charge in [-0.3, -0.25) is 9.59 Å². The van der Waals surface area contributed by atoms with Gasteiger partial charge in [-0.25, -0.2) is 0 Å². The van der Waals surface area contributed by atoms with Crippen LogP contribution < -0.4 is 0 Å². The topological polar surface area (TPSA) is 63.6 Å². The zero-order valence-corrected chi connectivity index (χ0v) is 18.5. The molecule has 0 saturated carbocycles. The number of aliphatic carboxylic acids is 1. The third kappa shape index (κ3) is 7.12. The number of carboxylic acids is 1. The number of carbonyl (C=O) groups is 2. The molecule has 4 nitrogen and oxygen atoms in total. The normalized spacial score (nSPS) is 12.3. The number of esters is 1. The molecular weight excluding hydrogens is 404 g/mol. The van der Waals surface area contributed by atoms with E-state index in [0.29, 0.717) is 17.9 Å². The minimum atomic E-state index is -1.53. The maximum Gasteiger partial charge on any atom is 0.323 e. The van der Waals surface area contributed by atoms with Crippen molar-refractivity contribution in [2.45, 2.75) is 49.0 Å². The molecule has 29 heavy (non-hydrogen) atoms. The molecule has 0 spiro atoms. The van der Waals surface area contributed by atoms with Crippen molar-refractivity contribution >= 4 is 35.5 Å². The Bertz CT molecular complexity index is 719. The lowest BCUT2D eigenvalue weighted by molar-refractivity contribution is -0.172. The van der Waals surface area contributed by atoms with E-state index in [4.69, 9.17) is 4.74 Å². The van der Waals surface area contributed by atoms with Gasteiger partial charge >= 0.3 is 11.9 Å². The summed E-state index contributed by atoms with van der Waals surface area (Å²) in [5.74, 6) is -0.668. The Morgan fingerprint density at radius 2 is 1.38 bits per heavy atom. The van der Waals surface area contributed by atoms with Crippen molar-refractivity contribution in [3.8, 4) is 0 Å². The molecule has 156 valence electrons. The Morgan fingerprint density at radius 3 is 1.76 bits per heavy atom. The summed E-state index contributed by atoms with van der Waals surface area (Å²) in [6, 6.07) is 19.6. The largest absolute Gasteiger partial charge is 0.480 e. The predicted octanol–water partition coefficient (Wildman–Crippen LogP) is 5.76. The number of ether oxygens (including phenoxy) is 1. The molecule has 0 radical (unpaired) electrons. The second-order valence-corrected chi connectivity index (χ2v) is 9.17. The van der Waals surface area contributed by atoms with Crippen LogP contribution in [0.25, 0.3) is 0 Å². The van der Waals surface area contributed by atoms with Crippen LogP contribution in [0.5, 0.6) is 0 Å². The van der Waals surface area contributed by atoms with Crippen LogP contribution in [0.1, 0.15) is 33.1 Å². The molecule has 1 unspecified atom stereocenters. The summed E-state index contributed by atoms with van der Waals surface area (Å²) in [7, 11) is 0. The maximum atomic E-state index is 12.9. The molecule has 2 aromatic carbocycles. The molecule has 0 aromatic heterocycles. The van der Waals surface area contributed by atoms with Gasteiger partial charge in [0.2, 0.25) is 0 Å². The summed E-state index contributed by atoms with van der Waals surface area (Å²) in [6.07, 6.45) is 0.808. The first kappa shape index (κ1) is 23.4. The van der Waals surface area contributed by atoms with Crippen molar-refractivity contribution in [1.29, 1.82) is 0 Å². The molecule has 2 aromatic rings. The Labute approximate surface area is 181 Å². The van der Waals surface area contributed by atoms with Gasteiger partial charge in [-0.1, -0.05) is 43.3 Å². The van der Waals surface area contributed by atoms with Crippen LogP contribution >= 0.6 is 23.5 Å². The van der Waals surface area contributed by atoms with Crippen LogP contribution in [0.2, 0.25) is 0 Å². The van der Waals surface area contributed by atoms with E-state index in [9.17, 15) is 14.7 Å². The van der Waals surface area contributed by atoms with Gasteiger partial charge in [0.25, 0.3) is 0 Å². The molecule has 0 saturated heterocycles. The van der Waals surface area contributed by atoms with Crippen molar-refractivity contribution in [2.24, 2.45) is 5.41 Å². The van der Waals surface area contributed by atoms with E-state index in [1.807, 2.05) is 67.6 Å². The van der Waals surface area contributed by atoms with Crippen LogP contribution in [0.15, 0.2) is 70.5 Å². The van der Waals surface area contributed by atoms with Crippen LogP contribution in [-0.4, -0.2) is 34.7 Å². The van der Waals surface area contributed by atoms with Gasteiger partial charge in [0.05, 0.1) is 6.10 Å². The summed E-state index contributed by atoms with van der Waals surface area (Å²) < 4.78 is 5.49. The third-order valence-corrected chi connectivity index (χ3v) is 6.79. The number of carboxylic acid groups (broad SMARTS) is 1. The molecule has 0 fully saturated rings. The first-order valence-corrected chi connectivity index (χ1v) is 11.7. The summed E-state index contributed by atoms with van der Waals surface area (Å²) in [5.41, 5.74) is -1.53. The van der Waals surface area contributed by atoms with E-state index in [1.54, 1.807) is 30.4 Å². The Balaban J connectivity index is 2.11. The number of hydrogen-bond acceptors (Lipinski definition) is 5. The number of thioether (sulfide) groups is 2. The molecule has 6 heteroatoms. The highest BCUT2D eigenvalue weighted by Crippen LogP contribution is 2.35. The molecule has 1 atom stereocenters. The highest BCUT2D eigenvalue weighted by molar-refractivity contribution is 7.99. The predicted molar refractivity (Wildman–Crippen MR) is 119 cm³/mol. The van der Waals surface area contributed by atoms with Crippen molar-refractivity contribution in [2.75, 3.05) is 11.5 Å². The van der Waals surface area contributed by atoms with E-state index in [2.05, 4.69) is 0 Å². The zero-order valence-electron chi connectivity index (χ0n) is 16.9. The molecule has 1 N–H and O–H groups in total. The smallest absolute Gasteiger partial charge is 0.323 e. The fraction of sp³-hybridized carbons (Fsp3) is 0.391. The van der Waals surface area contributed by atoms with Gasteiger partial charge in [0.15, 0.2) is 5.41 Å². The minimum absolute atomic E-state index is 0.229. The van der Waals surface area contributed by atoms with E-state index < -0.39 is 17.4 Å². The number of carbonyl (C=O) groups excluding carboxylic acids is 1. The molecule has 0 heterocycles. The average molecular weight is 433 g/mol. The Morgan fingerprint density at radius 1 is 0.931 bits per heavy atom. The maximum absolute atomic E-state index is 12.9. The number of hydrogen-bond donors (Lipinski definition) is 1. The monoisotopic (exact) mass is 432 g/mol. The van der Waals surface area contributed by atoms with Crippen molar-refractivity contribution < 1.29 is 19.4 Å². The summed E-state index contributed by atoms with van der Waals surface area (Å²) in [6.45, 7) is 3.71. The first-order valence-electron chi connectivity index (χ1n) is 9.78. The lowest BCUT2D eigenvalue weighted by Crippen LogP contribution is -2.43. The summed E-state index contributed by atoms with van der Waals surface area (Å²) >= 11 is 3.12. The summed E-state index contributed by atoms with van der Waals surface area (Å²) in [5, 5.41) is 10.1. The summed E-state index contributed by atoms with van der Waals surface area (Å²) in [4.78, 5) is 27.3. The van der Waals surface area contributed by atoms with E-state index >= 15 is 0 Å². The number of benzene rings is 2. The molecule has 0 aliphatic rings. The highest BCUT2D eigenvalue weighted by atomic mass is 32.2. The fourth-order valence-corrected chi connectivity index (χ4v) is 4.80. The Kier molecular flexibility index (Phi) is 9.61. The van der Waals surface area contributed by atoms with Crippen molar-refractivity contribution in [1.82, 2.24) is 0 Å². The average Bonchev–Trinajstić information content (AvgIpc) is 2.73. The minimum Gasteiger partial charge on any atom is -0.480 e. The quantitative estimate of drug-likeness (QED) is 0.261. The van der Waals surface area contributed by atoms with Gasteiger partial charge in [-0.15, -0.1) is 23.5 Å². The van der Waals surface area contributed by atoms with Gasteiger partial charge in [-0.2, -0.15) is 0 Å². The van der Waals surface area contributed by atoms with Gasteiger partial charge in [0, 0.05) is 9.79 Å². The fourth-order valence-electron chi connectivity index (χ4n) is 2.73. The third-order valence-electron chi connectivity index (χ3n) is 4.76. The molecule has 0 bridgehead atoms. The van der Waals surface area contributed by atoms with Crippen LogP contribution in [0, 0.1) is 5.41 Å². The van der Waals surface area contributed by atoms with Gasteiger partial charge in [-0.05, 0) is 62.0 Å².